The Morgan fingerprint density at radius 3 is 2.44 bits per heavy atom. The third-order valence-corrected chi connectivity index (χ3v) is 2.28. The Kier molecular flexibility index (Phi) is 9.64. The van der Waals surface area contributed by atoms with E-state index in [1.165, 1.54) is 0 Å². The van der Waals surface area contributed by atoms with Crippen LogP contribution in [-0.2, 0) is 19.1 Å². The van der Waals surface area contributed by atoms with Crippen molar-refractivity contribution in [3.05, 3.63) is 25.3 Å². The first-order valence-corrected chi connectivity index (χ1v) is 6.22. The van der Waals surface area contributed by atoms with Crippen molar-refractivity contribution in [2.24, 2.45) is 0 Å². The van der Waals surface area contributed by atoms with Gasteiger partial charge < -0.3 is 9.47 Å². The van der Waals surface area contributed by atoms with Gasteiger partial charge in [-0.25, -0.2) is 0 Å². The van der Waals surface area contributed by atoms with Crippen molar-refractivity contribution in [1.82, 2.24) is 0 Å². The fourth-order valence-corrected chi connectivity index (χ4v) is 1.35. The van der Waals surface area contributed by atoms with Crippen LogP contribution < -0.4 is 0 Å². The van der Waals surface area contributed by atoms with Gasteiger partial charge >= 0.3 is 11.9 Å². The zero-order chi connectivity index (χ0) is 13.8. The van der Waals surface area contributed by atoms with Crippen LogP contribution in [0, 0.1) is 0 Å². The van der Waals surface area contributed by atoms with Crippen LogP contribution in [0.5, 0.6) is 0 Å². The number of carbonyl (C=O) groups excluding carboxylic acids is 2. The van der Waals surface area contributed by atoms with Crippen molar-refractivity contribution in [3.63, 3.8) is 0 Å². The van der Waals surface area contributed by atoms with E-state index in [0.717, 1.165) is 19.3 Å². The Morgan fingerprint density at radius 1 is 1.22 bits per heavy atom. The van der Waals surface area contributed by atoms with Gasteiger partial charge in [0.15, 0.2) is 0 Å². The normalized spacial score (nSPS) is 11.4. The van der Waals surface area contributed by atoms with E-state index in [2.05, 4.69) is 13.2 Å². The molecule has 1 unspecified atom stereocenters. The molecule has 0 amide bonds. The van der Waals surface area contributed by atoms with Gasteiger partial charge in [0.2, 0.25) is 0 Å². The molecule has 0 aromatic carbocycles. The molecule has 0 aliphatic heterocycles. The zero-order valence-corrected chi connectivity index (χ0v) is 11.0. The van der Waals surface area contributed by atoms with E-state index in [-0.39, 0.29) is 24.9 Å². The molecule has 0 aliphatic rings. The Balaban J connectivity index is 3.85. The van der Waals surface area contributed by atoms with E-state index >= 15 is 0 Å². The first-order valence-electron chi connectivity index (χ1n) is 6.22. The van der Waals surface area contributed by atoms with Crippen molar-refractivity contribution in [2.75, 3.05) is 6.61 Å². The Labute approximate surface area is 109 Å². The Morgan fingerprint density at radius 2 is 1.89 bits per heavy atom. The molecule has 0 N–H and O–H groups in total. The Bertz CT molecular complexity index is 284. The highest BCUT2D eigenvalue weighted by Crippen LogP contribution is 2.08. The SMILES string of the molecule is C=CCCCC(C=C)OC(=O)CCC(=O)OCC. The highest BCUT2D eigenvalue weighted by Gasteiger charge is 2.12. The van der Waals surface area contributed by atoms with Crippen molar-refractivity contribution < 1.29 is 19.1 Å². The summed E-state index contributed by atoms with van der Waals surface area (Å²) in [5.41, 5.74) is 0. The minimum atomic E-state index is -0.397. The molecule has 0 saturated heterocycles. The highest BCUT2D eigenvalue weighted by atomic mass is 16.5. The van der Waals surface area contributed by atoms with Gasteiger partial charge in [-0.3, -0.25) is 9.59 Å². The first-order chi connectivity index (χ1) is 8.63. The minimum Gasteiger partial charge on any atom is -0.466 e. The maximum atomic E-state index is 11.5. The molecule has 4 heteroatoms. The lowest BCUT2D eigenvalue weighted by atomic mass is 10.1. The number of esters is 2. The lowest BCUT2D eigenvalue weighted by Crippen LogP contribution is -2.17. The second-order valence-electron chi connectivity index (χ2n) is 3.79. The molecule has 0 aromatic rings. The van der Waals surface area contributed by atoms with E-state index in [0.29, 0.717) is 6.61 Å². The molecule has 18 heavy (non-hydrogen) atoms. The first kappa shape index (κ1) is 16.4. The predicted octanol–water partition coefficient (Wildman–Crippen LogP) is 2.78. The molecule has 0 spiro atoms. The maximum absolute atomic E-state index is 11.5. The van der Waals surface area contributed by atoms with E-state index in [4.69, 9.17) is 9.47 Å². The summed E-state index contributed by atoms with van der Waals surface area (Å²) in [6.07, 6.45) is 5.73. The summed E-state index contributed by atoms with van der Waals surface area (Å²) in [6.45, 7) is 9.30. The summed E-state index contributed by atoms with van der Waals surface area (Å²) in [6, 6.07) is 0. The predicted molar refractivity (Wildman–Crippen MR) is 70.0 cm³/mol. The lowest BCUT2D eigenvalue weighted by molar-refractivity contribution is -0.152. The van der Waals surface area contributed by atoms with Crippen LogP contribution in [0.2, 0.25) is 0 Å². The smallest absolute Gasteiger partial charge is 0.306 e. The number of rotatable bonds is 10. The number of carbonyl (C=O) groups is 2. The van der Waals surface area contributed by atoms with Crippen LogP contribution >= 0.6 is 0 Å². The largest absolute Gasteiger partial charge is 0.466 e. The van der Waals surface area contributed by atoms with Crippen LogP contribution in [0.15, 0.2) is 25.3 Å². The third-order valence-electron chi connectivity index (χ3n) is 2.28. The maximum Gasteiger partial charge on any atom is 0.306 e. The average Bonchev–Trinajstić information content (AvgIpc) is 2.35. The molecule has 0 saturated carbocycles. The van der Waals surface area contributed by atoms with E-state index < -0.39 is 5.97 Å². The van der Waals surface area contributed by atoms with Crippen LogP contribution in [0.3, 0.4) is 0 Å². The van der Waals surface area contributed by atoms with Gasteiger partial charge in [-0.05, 0) is 26.2 Å². The van der Waals surface area contributed by atoms with Crippen LogP contribution in [0.4, 0.5) is 0 Å². The van der Waals surface area contributed by atoms with Crippen molar-refractivity contribution in [3.8, 4) is 0 Å². The number of unbranched alkanes of at least 4 members (excludes halogenated alkanes) is 1. The fourth-order valence-electron chi connectivity index (χ4n) is 1.35. The molecule has 1 atom stereocenters. The topological polar surface area (TPSA) is 52.6 Å². The van der Waals surface area contributed by atoms with E-state index in [1.807, 2.05) is 6.08 Å². The number of allylic oxidation sites excluding steroid dienone is 1. The minimum absolute atomic E-state index is 0.0463. The Hall–Kier alpha value is -1.58. The van der Waals surface area contributed by atoms with Crippen LogP contribution in [0.25, 0.3) is 0 Å². The van der Waals surface area contributed by atoms with E-state index in [1.54, 1.807) is 13.0 Å². The standard InChI is InChI=1S/C14H22O4/c1-4-7-8-9-12(5-2)18-14(16)11-10-13(15)17-6-3/h4-5,12H,1-2,6-11H2,3H3. The third kappa shape index (κ3) is 8.56. The summed E-state index contributed by atoms with van der Waals surface area (Å²) in [5, 5.41) is 0. The summed E-state index contributed by atoms with van der Waals surface area (Å²) in [5.74, 6) is -0.775. The number of hydrogen-bond acceptors (Lipinski definition) is 4. The highest BCUT2D eigenvalue weighted by molar-refractivity contribution is 5.77. The summed E-state index contributed by atoms with van der Waals surface area (Å²) < 4.78 is 9.90. The van der Waals surface area contributed by atoms with Crippen molar-refractivity contribution in [1.29, 1.82) is 0 Å². The molecule has 0 bridgehead atoms. The molecule has 4 nitrogen and oxygen atoms in total. The zero-order valence-electron chi connectivity index (χ0n) is 11.0. The van der Waals surface area contributed by atoms with Gasteiger partial charge in [0.1, 0.15) is 6.10 Å². The molecule has 0 aliphatic carbocycles. The van der Waals surface area contributed by atoms with Crippen molar-refractivity contribution >= 4 is 11.9 Å². The van der Waals surface area contributed by atoms with Gasteiger partial charge in [-0.1, -0.05) is 18.7 Å². The second-order valence-corrected chi connectivity index (χ2v) is 3.79. The average molecular weight is 254 g/mol. The molecule has 0 fully saturated rings. The van der Waals surface area contributed by atoms with Gasteiger partial charge in [-0.15, -0.1) is 6.58 Å². The monoisotopic (exact) mass is 254 g/mol. The van der Waals surface area contributed by atoms with Crippen LogP contribution in [-0.4, -0.2) is 24.6 Å². The molecule has 0 heterocycles. The quantitative estimate of drug-likeness (QED) is 0.342. The summed E-state index contributed by atoms with van der Waals surface area (Å²) in [4.78, 5) is 22.5. The summed E-state index contributed by atoms with van der Waals surface area (Å²) in [7, 11) is 0. The fraction of sp³-hybridized carbons (Fsp3) is 0.571. The van der Waals surface area contributed by atoms with Gasteiger partial charge in [0.05, 0.1) is 19.4 Å². The van der Waals surface area contributed by atoms with Crippen molar-refractivity contribution in [2.45, 2.75) is 45.1 Å². The van der Waals surface area contributed by atoms with E-state index in [9.17, 15) is 9.59 Å². The number of hydrogen-bond donors (Lipinski definition) is 0. The van der Waals surface area contributed by atoms with Gasteiger partial charge in [-0.2, -0.15) is 0 Å². The molecule has 0 aromatic heterocycles. The molecule has 0 rings (SSSR count). The van der Waals surface area contributed by atoms with Gasteiger partial charge in [0, 0.05) is 0 Å². The number of ether oxygens (including phenoxy) is 2. The van der Waals surface area contributed by atoms with Gasteiger partial charge in [0.25, 0.3) is 0 Å². The molecule has 102 valence electrons. The summed E-state index contributed by atoms with van der Waals surface area (Å²) >= 11 is 0. The molecular formula is C14H22O4. The van der Waals surface area contributed by atoms with Crippen LogP contribution in [0.1, 0.15) is 39.0 Å². The molecule has 0 radical (unpaired) electrons. The second kappa shape index (κ2) is 10.6. The lowest BCUT2D eigenvalue weighted by Gasteiger charge is -2.13. The molecular weight excluding hydrogens is 232 g/mol.